The number of nitrogens with zero attached hydrogens (tertiary/aromatic N) is 2. The summed E-state index contributed by atoms with van der Waals surface area (Å²) in [6.45, 7) is 4.00. The number of carbonyl (C=O) groups is 2. The Morgan fingerprint density at radius 1 is 1.41 bits per heavy atom. The molecule has 6 heteroatoms. The van der Waals surface area contributed by atoms with E-state index < -0.39 is 12.1 Å². The highest BCUT2D eigenvalue weighted by atomic mass is 16.2. The molecule has 0 fully saturated rings. The number of nitrogens with two attached hydrogens (primary N) is 1. The van der Waals surface area contributed by atoms with E-state index in [0.717, 1.165) is 11.1 Å². The van der Waals surface area contributed by atoms with Crippen LogP contribution in [0.3, 0.4) is 0 Å². The van der Waals surface area contributed by atoms with Crippen LogP contribution in [-0.2, 0) is 9.59 Å². The van der Waals surface area contributed by atoms with Gasteiger partial charge in [0.2, 0.25) is 5.91 Å². The lowest BCUT2D eigenvalue weighted by molar-refractivity contribution is -0.135. The minimum atomic E-state index is -0.769. The fourth-order valence-corrected chi connectivity index (χ4v) is 2.42. The Morgan fingerprint density at radius 3 is 2.77 bits per heavy atom. The Balaban J connectivity index is 2.25. The van der Waals surface area contributed by atoms with Gasteiger partial charge in [-0.2, -0.15) is 5.10 Å². The lowest BCUT2D eigenvalue weighted by atomic mass is 9.99. The maximum Gasteiger partial charge on any atom is 0.269 e. The summed E-state index contributed by atoms with van der Waals surface area (Å²) in [5.74, 6) is -0.299. The fraction of sp³-hybridized carbons (Fsp3) is 0.438. The van der Waals surface area contributed by atoms with Crippen molar-refractivity contribution in [2.75, 3.05) is 7.05 Å². The summed E-state index contributed by atoms with van der Waals surface area (Å²) in [7, 11) is 1.57. The monoisotopic (exact) mass is 302 g/mol. The van der Waals surface area contributed by atoms with E-state index in [4.69, 9.17) is 5.73 Å². The van der Waals surface area contributed by atoms with Crippen molar-refractivity contribution in [1.82, 2.24) is 10.3 Å². The zero-order valence-electron chi connectivity index (χ0n) is 13.1. The van der Waals surface area contributed by atoms with Crippen molar-refractivity contribution in [2.45, 2.75) is 32.4 Å². The van der Waals surface area contributed by atoms with Gasteiger partial charge >= 0.3 is 0 Å². The van der Waals surface area contributed by atoms with Crippen LogP contribution in [0.5, 0.6) is 0 Å². The molecular formula is C16H22N4O2. The van der Waals surface area contributed by atoms with Gasteiger partial charge < -0.3 is 11.1 Å². The van der Waals surface area contributed by atoms with E-state index in [2.05, 4.69) is 10.4 Å². The van der Waals surface area contributed by atoms with E-state index in [1.54, 1.807) is 13.3 Å². The molecule has 0 aliphatic carbocycles. The Hall–Kier alpha value is -2.21. The summed E-state index contributed by atoms with van der Waals surface area (Å²) in [4.78, 5) is 24.7. The molecule has 22 heavy (non-hydrogen) atoms. The van der Waals surface area contributed by atoms with Crippen LogP contribution >= 0.6 is 0 Å². The Bertz CT molecular complexity index is 598. The van der Waals surface area contributed by atoms with Crippen LogP contribution in [0, 0.1) is 5.92 Å². The maximum absolute atomic E-state index is 12.4. The van der Waals surface area contributed by atoms with Crippen molar-refractivity contribution in [3.8, 4) is 0 Å². The Kier molecular flexibility index (Phi) is 4.92. The van der Waals surface area contributed by atoms with Crippen LogP contribution in [0.4, 0.5) is 0 Å². The molecule has 2 amide bonds. The molecule has 0 saturated carbocycles. The SMILES string of the molecule is CC(C)C[C@H](N)C(=O)N[C@@H]1C(=O)N(C)N=Cc2ccccc21. The fourth-order valence-electron chi connectivity index (χ4n) is 2.42. The van der Waals surface area contributed by atoms with Gasteiger partial charge in [0.15, 0.2) is 0 Å². The minimum Gasteiger partial charge on any atom is -0.339 e. The van der Waals surface area contributed by atoms with Crippen molar-refractivity contribution in [3.05, 3.63) is 35.4 Å². The quantitative estimate of drug-likeness (QED) is 0.870. The largest absolute Gasteiger partial charge is 0.339 e. The maximum atomic E-state index is 12.4. The molecule has 1 aromatic carbocycles. The second-order valence-corrected chi connectivity index (χ2v) is 5.91. The summed E-state index contributed by atoms with van der Waals surface area (Å²) >= 11 is 0. The molecule has 2 rings (SSSR count). The van der Waals surface area contributed by atoms with Crippen molar-refractivity contribution in [2.24, 2.45) is 16.8 Å². The summed E-state index contributed by atoms with van der Waals surface area (Å²) in [5.41, 5.74) is 7.44. The highest BCUT2D eigenvalue weighted by Crippen LogP contribution is 2.22. The van der Waals surface area contributed by atoms with E-state index in [-0.39, 0.29) is 11.8 Å². The number of nitrogens with one attached hydrogen (secondary N) is 1. The number of hydrogen-bond donors (Lipinski definition) is 2. The molecule has 118 valence electrons. The van der Waals surface area contributed by atoms with Gasteiger partial charge in [-0.15, -0.1) is 0 Å². The third-order valence-electron chi connectivity index (χ3n) is 3.59. The molecule has 1 aliphatic heterocycles. The Morgan fingerprint density at radius 2 is 2.09 bits per heavy atom. The molecule has 0 spiro atoms. The van der Waals surface area contributed by atoms with Crippen LogP contribution in [0.25, 0.3) is 0 Å². The molecule has 1 heterocycles. The van der Waals surface area contributed by atoms with Crippen molar-refractivity contribution in [3.63, 3.8) is 0 Å². The summed E-state index contributed by atoms with van der Waals surface area (Å²) in [6.07, 6.45) is 2.19. The third kappa shape index (κ3) is 3.51. The number of rotatable bonds is 4. The van der Waals surface area contributed by atoms with Crippen molar-refractivity contribution >= 4 is 18.0 Å². The van der Waals surface area contributed by atoms with Gasteiger partial charge in [0.05, 0.1) is 12.3 Å². The van der Waals surface area contributed by atoms with Crippen LogP contribution < -0.4 is 11.1 Å². The molecule has 6 nitrogen and oxygen atoms in total. The number of amides is 2. The molecule has 0 saturated heterocycles. The highest BCUT2D eigenvalue weighted by Gasteiger charge is 2.30. The lowest BCUT2D eigenvalue weighted by Crippen LogP contribution is -2.46. The van der Waals surface area contributed by atoms with Crippen molar-refractivity contribution < 1.29 is 9.59 Å². The third-order valence-corrected chi connectivity index (χ3v) is 3.59. The Labute approximate surface area is 130 Å². The molecule has 1 aliphatic rings. The summed E-state index contributed by atoms with van der Waals surface area (Å²) in [6, 6.07) is 5.97. The van der Waals surface area contributed by atoms with Crippen LogP contribution in [0.15, 0.2) is 29.4 Å². The average molecular weight is 302 g/mol. The number of hydrazone groups is 1. The minimum absolute atomic E-state index is 0.286. The number of carbonyl (C=O) groups excluding carboxylic acids is 2. The first-order valence-corrected chi connectivity index (χ1v) is 7.36. The van der Waals surface area contributed by atoms with E-state index in [1.165, 1.54) is 5.01 Å². The smallest absolute Gasteiger partial charge is 0.269 e. The molecule has 0 bridgehead atoms. The van der Waals surface area contributed by atoms with Gasteiger partial charge in [-0.3, -0.25) is 9.59 Å². The van der Waals surface area contributed by atoms with Gasteiger partial charge in [-0.05, 0) is 17.9 Å². The standard InChI is InChI=1S/C16H22N4O2/c1-10(2)8-13(17)15(21)19-14-12-7-5-4-6-11(12)9-18-20(3)16(14)22/h4-7,9-10,13-14H,8,17H2,1-3H3,(H,19,21)/t13-,14-/m0/s1. The van der Waals surface area contributed by atoms with Crippen LogP contribution in [0.1, 0.15) is 37.4 Å². The van der Waals surface area contributed by atoms with Crippen LogP contribution in [0.2, 0.25) is 0 Å². The number of likely N-dealkylation sites (N-methyl/N-ethyl adjacent to an activating group) is 1. The molecule has 3 N–H and O–H groups in total. The highest BCUT2D eigenvalue weighted by molar-refractivity contribution is 5.95. The zero-order chi connectivity index (χ0) is 16.3. The normalized spacial score (nSPS) is 18.9. The first kappa shape index (κ1) is 16.2. The van der Waals surface area contributed by atoms with E-state index in [1.807, 2.05) is 38.1 Å². The summed E-state index contributed by atoms with van der Waals surface area (Å²) in [5, 5.41) is 8.07. The molecule has 1 aromatic rings. The number of fused-ring (bicyclic) bond motifs is 1. The second-order valence-electron chi connectivity index (χ2n) is 5.91. The zero-order valence-corrected chi connectivity index (χ0v) is 13.1. The molecular weight excluding hydrogens is 280 g/mol. The van der Waals surface area contributed by atoms with Gasteiger partial charge in [0.25, 0.3) is 5.91 Å². The predicted molar refractivity (Wildman–Crippen MR) is 85.1 cm³/mol. The predicted octanol–water partition coefficient (Wildman–Crippen LogP) is 1.02. The van der Waals surface area contributed by atoms with E-state index >= 15 is 0 Å². The summed E-state index contributed by atoms with van der Waals surface area (Å²) < 4.78 is 0. The second kappa shape index (κ2) is 6.70. The van der Waals surface area contributed by atoms with Gasteiger partial charge in [-0.1, -0.05) is 38.1 Å². The molecule has 0 aromatic heterocycles. The lowest BCUT2D eigenvalue weighted by Gasteiger charge is -2.23. The first-order chi connectivity index (χ1) is 10.4. The topological polar surface area (TPSA) is 87.8 Å². The van der Waals surface area contributed by atoms with Crippen LogP contribution in [-0.4, -0.2) is 36.1 Å². The van der Waals surface area contributed by atoms with Crippen molar-refractivity contribution in [1.29, 1.82) is 0 Å². The van der Waals surface area contributed by atoms with Gasteiger partial charge in [0, 0.05) is 12.6 Å². The molecule has 2 atom stereocenters. The number of benzene rings is 1. The van der Waals surface area contributed by atoms with E-state index in [9.17, 15) is 9.59 Å². The van der Waals surface area contributed by atoms with E-state index in [0.29, 0.717) is 12.3 Å². The van der Waals surface area contributed by atoms with Gasteiger partial charge in [-0.25, -0.2) is 5.01 Å². The average Bonchev–Trinajstić information content (AvgIpc) is 2.59. The molecule has 0 radical (unpaired) electrons. The molecule has 0 unspecified atom stereocenters. The number of hydrogen-bond acceptors (Lipinski definition) is 4. The first-order valence-electron chi connectivity index (χ1n) is 7.36. The van der Waals surface area contributed by atoms with Gasteiger partial charge in [0.1, 0.15) is 6.04 Å².